The second-order valence-electron chi connectivity index (χ2n) is 7.61. The third kappa shape index (κ3) is 3.81. The van der Waals surface area contributed by atoms with Gasteiger partial charge >= 0.3 is 6.09 Å². The average molecular weight is 363 g/mol. The van der Waals surface area contributed by atoms with Gasteiger partial charge in [0, 0.05) is 38.3 Å². The first-order chi connectivity index (χ1) is 12.3. The maximum Gasteiger partial charge on any atom is 0.410 e. The fourth-order valence-corrected chi connectivity index (χ4v) is 3.16. The molecule has 0 spiro atoms. The number of hydrogen-bond acceptors (Lipinski definition) is 5. The van der Waals surface area contributed by atoms with Crippen molar-refractivity contribution in [3.8, 4) is 0 Å². The molecule has 142 valence electrons. The zero-order chi connectivity index (χ0) is 18.9. The van der Waals surface area contributed by atoms with Crippen molar-refractivity contribution >= 4 is 18.4 Å². The van der Waals surface area contributed by atoms with Crippen LogP contribution in [-0.4, -0.2) is 81.6 Å². The van der Waals surface area contributed by atoms with Gasteiger partial charge in [0.2, 0.25) is 6.41 Å². The molecule has 1 fully saturated rings. The van der Waals surface area contributed by atoms with E-state index in [0.717, 1.165) is 17.7 Å². The van der Waals surface area contributed by atoms with Crippen LogP contribution in [0.1, 0.15) is 42.5 Å². The number of fused-ring (bicyclic) bond motifs is 1. The molecule has 9 nitrogen and oxygen atoms in total. The summed E-state index contributed by atoms with van der Waals surface area (Å²) in [4.78, 5) is 40.8. The van der Waals surface area contributed by atoms with Crippen LogP contribution < -0.4 is 0 Å². The molecule has 3 heterocycles. The number of amides is 3. The number of nitrogens with one attached hydrogen (secondary N) is 1. The smallest absolute Gasteiger partial charge is 0.410 e. The van der Waals surface area contributed by atoms with Crippen LogP contribution in [0.25, 0.3) is 0 Å². The molecule has 0 atom stereocenters. The molecule has 26 heavy (non-hydrogen) atoms. The number of piperazine rings is 1. The summed E-state index contributed by atoms with van der Waals surface area (Å²) in [7, 11) is 0. The Bertz CT molecular complexity index is 700. The number of rotatable bonds is 2. The van der Waals surface area contributed by atoms with Crippen molar-refractivity contribution in [1.29, 1.82) is 0 Å². The summed E-state index contributed by atoms with van der Waals surface area (Å²) in [6.07, 6.45) is 1.000. The zero-order valence-electron chi connectivity index (χ0n) is 15.4. The molecule has 1 aromatic rings. The first-order valence-corrected chi connectivity index (χ1v) is 8.81. The lowest BCUT2D eigenvalue weighted by Gasteiger charge is -2.32. The molecule has 1 aromatic heterocycles. The van der Waals surface area contributed by atoms with E-state index in [1.807, 2.05) is 20.8 Å². The van der Waals surface area contributed by atoms with E-state index in [4.69, 9.17) is 4.74 Å². The Morgan fingerprint density at radius 1 is 1.12 bits per heavy atom. The topological polar surface area (TPSA) is 98.8 Å². The number of nitrogens with zero attached hydrogens (tertiary/aromatic N) is 4. The fourth-order valence-electron chi connectivity index (χ4n) is 3.16. The highest BCUT2D eigenvalue weighted by Gasteiger charge is 2.32. The lowest BCUT2D eigenvalue weighted by Crippen LogP contribution is -2.48. The number of ether oxygens (including phenoxy) is 1. The van der Waals surface area contributed by atoms with E-state index in [-0.39, 0.29) is 12.0 Å². The van der Waals surface area contributed by atoms with Crippen molar-refractivity contribution in [2.75, 3.05) is 32.7 Å². The van der Waals surface area contributed by atoms with E-state index in [1.165, 1.54) is 0 Å². The Morgan fingerprint density at radius 2 is 1.81 bits per heavy atom. The molecule has 2 aliphatic heterocycles. The van der Waals surface area contributed by atoms with E-state index in [2.05, 4.69) is 10.2 Å². The quantitative estimate of drug-likeness (QED) is 0.777. The van der Waals surface area contributed by atoms with E-state index in [1.54, 1.807) is 14.7 Å². The summed E-state index contributed by atoms with van der Waals surface area (Å²) in [5.41, 5.74) is 1.52. The number of carbonyl (C=O) groups excluding carboxylic acids is 3. The lowest BCUT2D eigenvalue weighted by atomic mass is 10.0. The van der Waals surface area contributed by atoms with E-state index < -0.39 is 5.60 Å². The molecular weight excluding hydrogens is 338 g/mol. The Balaban J connectivity index is 1.67. The molecule has 1 N–H and O–H groups in total. The molecule has 0 aromatic carbocycles. The van der Waals surface area contributed by atoms with Crippen LogP contribution in [0.15, 0.2) is 0 Å². The minimum atomic E-state index is -0.546. The summed E-state index contributed by atoms with van der Waals surface area (Å²) in [6.45, 7) is 8.41. The Labute approximate surface area is 152 Å². The molecule has 0 saturated carbocycles. The van der Waals surface area contributed by atoms with Gasteiger partial charge in [0.1, 0.15) is 5.60 Å². The van der Waals surface area contributed by atoms with Crippen molar-refractivity contribution in [3.63, 3.8) is 0 Å². The van der Waals surface area contributed by atoms with Gasteiger partial charge in [-0.15, -0.1) is 0 Å². The van der Waals surface area contributed by atoms with Crippen LogP contribution in [0.5, 0.6) is 0 Å². The summed E-state index contributed by atoms with van der Waals surface area (Å²) in [6, 6.07) is 0. The third-order valence-corrected chi connectivity index (χ3v) is 4.54. The maximum atomic E-state index is 12.8. The molecule has 0 radical (unpaired) electrons. The zero-order valence-corrected chi connectivity index (χ0v) is 15.4. The van der Waals surface area contributed by atoms with Gasteiger partial charge in [-0.2, -0.15) is 5.10 Å². The summed E-state index contributed by atoms with van der Waals surface area (Å²) in [5, 5.41) is 7.10. The van der Waals surface area contributed by atoms with Crippen molar-refractivity contribution in [1.82, 2.24) is 24.9 Å². The third-order valence-electron chi connectivity index (χ3n) is 4.54. The Kier molecular flexibility index (Phi) is 4.88. The Morgan fingerprint density at radius 3 is 2.42 bits per heavy atom. The number of aromatic amines is 1. The van der Waals surface area contributed by atoms with Crippen LogP contribution in [0.4, 0.5) is 4.79 Å². The Hall–Kier alpha value is -2.58. The lowest BCUT2D eigenvalue weighted by molar-refractivity contribution is -0.119. The van der Waals surface area contributed by atoms with Crippen LogP contribution in [-0.2, 0) is 22.5 Å². The van der Waals surface area contributed by atoms with Gasteiger partial charge in [-0.1, -0.05) is 0 Å². The second kappa shape index (κ2) is 6.97. The highest BCUT2D eigenvalue weighted by molar-refractivity contribution is 5.94. The van der Waals surface area contributed by atoms with Gasteiger partial charge in [0.25, 0.3) is 5.91 Å². The van der Waals surface area contributed by atoms with Crippen molar-refractivity contribution in [2.45, 2.75) is 39.3 Å². The molecule has 1 saturated heterocycles. The van der Waals surface area contributed by atoms with E-state index in [0.29, 0.717) is 51.4 Å². The first kappa shape index (κ1) is 18.2. The molecule has 2 aliphatic rings. The van der Waals surface area contributed by atoms with Crippen molar-refractivity contribution in [3.05, 3.63) is 17.0 Å². The van der Waals surface area contributed by atoms with Crippen molar-refractivity contribution < 1.29 is 19.1 Å². The minimum Gasteiger partial charge on any atom is -0.444 e. The number of hydrogen-bond donors (Lipinski definition) is 1. The van der Waals surface area contributed by atoms with Gasteiger partial charge in [0.05, 0.1) is 12.2 Å². The normalized spacial score (nSPS) is 17.7. The van der Waals surface area contributed by atoms with Gasteiger partial charge in [0.15, 0.2) is 5.69 Å². The van der Waals surface area contributed by atoms with Crippen molar-refractivity contribution in [2.24, 2.45) is 0 Å². The first-order valence-electron chi connectivity index (χ1n) is 8.81. The summed E-state index contributed by atoms with van der Waals surface area (Å²) >= 11 is 0. The standard InChI is InChI=1S/C17H25N5O4/c1-17(2,3)26-16(25)22-5-4-12-13(10-22)18-19-14(12)15(24)21-8-6-20(11-23)7-9-21/h11H,4-10H2,1-3H3,(H,18,19). The predicted octanol–water partition coefficient (Wildman–Crippen LogP) is 0.617. The highest BCUT2D eigenvalue weighted by Crippen LogP contribution is 2.23. The number of H-pyrrole nitrogens is 1. The molecule has 0 aliphatic carbocycles. The highest BCUT2D eigenvalue weighted by atomic mass is 16.6. The number of carbonyl (C=O) groups is 3. The monoisotopic (exact) mass is 363 g/mol. The molecule has 3 rings (SSSR count). The van der Waals surface area contributed by atoms with Crippen LogP contribution in [0, 0.1) is 0 Å². The van der Waals surface area contributed by atoms with E-state index in [9.17, 15) is 14.4 Å². The maximum absolute atomic E-state index is 12.8. The average Bonchev–Trinajstić information content (AvgIpc) is 3.03. The largest absolute Gasteiger partial charge is 0.444 e. The summed E-state index contributed by atoms with van der Waals surface area (Å²) < 4.78 is 5.41. The molecule has 9 heteroatoms. The second-order valence-corrected chi connectivity index (χ2v) is 7.61. The molecular formula is C17H25N5O4. The minimum absolute atomic E-state index is 0.126. The molecule has 0 bridgehead atoms. The van der Waals surface area contributed by atoms with Crippen LogP contribution in [0.3, 0.4) is 0 Å². The van der Waals surface area contributed by atoms with Gasteiger partial charge in [-0.3, -0.25) is 14.7 Å². The van der Waals surface area contributed by atoms with Crippen LogP contribution >= 0.6 is 0 Å². The molecule has 0 unspecified atom stereocenters. The van der Waals surface area contributed by atoms with Gasteiger partial charge in [-0.25, -0.2) is 4.79 Å². The van der Waals surface area contributed by atoms with Gasteiger partial charge < -0.3 is 19.4 Å². The summed E-state index contributed by atoms with van der Waals surface area (Å²) in [5.74, 6) is -0.126. The SMILES string of the molecule is CC(C)(C)OC(=O)N1CCc2c(C(=O)N3CCN(C=O)CC3)n[nH]c2C1. The predicted molar refractivity (Wildman–Crippen MR) is 92.5 cm³/mol. The molecule has 3 amide bonds. The van der Waals surface area contributed by atoms with E-state index >= 15 is 0 Å². The van der Waals surface area contributed by atoms with Gasteiger partial charge in [-0.05, 0) is 27.2 Å². The van der Waals surface area contributed by atoms with Crippen LogP contribution in [0.2, 0.25) is 0 Å². The fraction of sp³-hybridized carbons (Fsp3) is 0.647. The number of aromatic nitrogens is 2.